The molecule has 2 rings (SSSR count). The highest BCUT2D eigenvalue weighted by Crippen LogP contribution is 2.34. The zero-order valence-electron chi connectivity index (χ0n) is 7.64. The Bertz CT molecular complexity index is 486. The van der Waals surface area contributed by atoms with Crippen LogP contribution in [-0.4, -0.2) is 20.2 Å². The summed E-state index contributed by atoms with van der Waals surface area (Å²) < 4.78 is 1.54. The molecule has 0 amide bonds. The Kier molecular flexibility index (Phi) is 3.17. The molecule has 15 heavy (non-hydrogen) atoms. The van der Waals surface area contributed by atoms with Crippen LogP contribution < -0.4 is 5.73 Å². The third kappa shape index (κ3) is 2.44. The lowest BCUT2D eigenvalue weighted by Gasteiger charge is -2.00. The SMILES string of the molecule is Cc1nnc(Sc2ncnc(N)c2Br)s1. The maximum Gasteiger partial charge on any atom is 0.180 e. The predicted octanol–water partition coefficient (Wildman–Crippen LogP) is 2.13. The van der Waals surface area contributed by atoms with Gasteiger partial charge in [0.25, 0.3) is 0 Å². The van der Waals surface area contributed by atoms with Crippen molar-refractivity contribution in [2.45, 2.75) is 16.3 Å². The molecule has 2 heterocycles. The molecule has 0 aromatic carbocycles. The Morgan fingerprint density at radius 1 is 1.40 bits per heavy atom. The van der Waals surface area contributed by atoms with E-state index in [1.165, 1.54) is 29.4 Å². The molecule has 78 valence electrons. The molecule has 2 N–H and O–H groups in total. The summed E-state index contributed by atoms with van der Waals surface area (Å²) >= 11 is 6.26. The molecule has 2 aromatic rings. The molecule has 0 unspecified atom stereocenters. The Morgan fingerprint density at radius 3 is 2.87 bits per heavy atom. The Labute approximate surface area is 103 Å². The number of hydrogen-bond donors (Lipinski definition) is 1. The zero-order valence-corrected chi connectivity index (χ0v) is 10.9. The molecule has 8 heteroatoms. The van der Waals surface area contributed by atoms with Gasteiger partial charge in [-0.1, -0.05) is 11.3 Å². The summed E-state index contributed by atoms with van der Waals surface area (Å²) in [6.45, 7) is 1.91. The van der Waals surface area contributed by atoms with Crippen LogP contribution in [0.2, 0.25) is 0 Å². The number of nitrogens with two attached hydrogens (primary N) is 1. The van der Waals surface area contributed by atoms with Gasteiger partial charge in [0.2, 0.25) is 0 Å². The second-order valence-corrected chi connectivity index (χ2v) is 5.78. The van der Waals surface area contributed by atoms with Gasteiger partial charge in [-0.25, -0.2) is 9.97 Å². The van der Waals surface area contributed by atoms with E-state index in [-0.39, 0.29) is 0 Å². The van der Waals surface area contributed by atoms with Crippen molar-refractivity contribution >= 4 is 44.8 Å². The van der Waals surface area contributed by atoms with Gasteiger partial charge in [-0.3, -0.25) is 0 Å². The summed E-state index contributed by atoms with van der Waals surface area (Å²) in [7, 11) is 0. The first-order valence-corrected chi connectivity index (χ1v) is 6.33. The van der Waals surface area contributed by atoms with Crippen LogP contribution in [0.25, 0.3) is 0 Å². The van der Waals surface area contributed by atoms with Crippen LogP contribution in [0.5, 0.6) is 0 Å². The number of hydrogen-bond acceptors (Lipinski definition) is 7. The van der Waals surface area contributed by atoms with Gasteiger partial charge in [0.05, 0.1) is 4.47 Å². The third-order valence-corrected chi connectivity index (χ3v) is 4.41. The van der Waals surface area contributed by atoms with Crippen LogP contribution in [0.4, 0.5) is 5.82 Å². The maximum atomic E-state index is 5.64. The van der Waals surface area contributed by atoms with Crippen molar-refractivity contribution < 1.29 is 0 Å². The van der Waals surface area contributed by atoms with E-state index in [0.717, 1.165) is 14.4 Å². The van der Waals surface area contributed by atoms with Gasteiger partial charge in [0.1, 0.15) is 22.2 Å². The minimum atomic E-state index is 0.425. The van der Waals surface area contributed by atoms with Crippen molar-refractivity contribution in [2.75, 3.05) is 5.73 Å². The molecule has 5 nitrogen and oxygen atoms in total. The van der Waals surface area contributed by atoms with Gasteiger partial charge in [-0.2, -0.15) is 0 Å². The van der Waals surface area contributed by atoms with Crippen molar-refractivity contribution in [3.63, 3.8) is 0 Å². The normalized spacial score (nSPS) is 10.5. The summed E-state index contributed by atoms with van der Waals surface area (Å²) in [5.74, 6) is 0.425. The Hall–Kier alpha value is -0.730. The van der Waals surface area contributed by atoms with Gasteiger partial charge in [-0.15, -0.1) is 10.2 Å². The van der Waals surface area contributed by atoms with Gasteiger partial charge >= 0.3 is 0 Å². The van der Waals surface area contributed by atoms with Crippen molar-refractivity contribution in [3.05, 3.63) is 15.8 Å². The molecule has 0 saturated carbocycles. The van der Waals surface area contributed by atoms with E-state index < -0.39 is 0 Å². The second kappa shape index (κ2) is 4.42. The number of halogens is 1. The monoisotopic (exact) mass is 303 g/mol. The molecule has 0 radical (unpaired) electrons. The van der Waals surface area contributed by atoms with Gasteiger partial charge in [0.15, 0.2) is 4.34 Å². The molecule has 0 saturated heterocycles. The second-order valence-electron chi connectivity index (χ2n) is 2.57. The van der Waals surface area contributed by atoms with Crippen LogP contribution in [0, 0.1) is 6.92 Å². The van der Waals surface area contributed by atoms with E-state index in [4.69, 9.17) is 5.73 Å². The molecule has 0 fully saturated rings. The van der Waals surface area contributed by atoms with Crippen LogP contribution >= 0.6 is 39.0 Å². The molecule has 0 aliphatic rings. The molecule has 0 aliphatic carbocycles. The minimum absolute atomic E-state index is 0.425. The average Bonchev–Trinajstić information content (AvgIpc) is 2.59. The van der Waals surface area contributed by atoms with Crippen LogP contribution in [0.3, 0.4) is 0 Å². The number of anilines is 1. The highest BCUT2D eigenvalue weighted by Gasteiger charge is 2.10. The summed E-state index contributed by atoms with van der Waals surface area (Å²) in [6.07, 6.45) is 1.43. The van der Waals surface area contributed by atoms with E-state index >= 15 is 0 Å². The van der Waals surface area contributed by atoms with Crippen LogP contribution in [0.15, 0.2) is 20.2 Å². The number of rotatable bonds is 2. The van der Waals surface area contributed by atoms with Gasteiger partial charge in [-0.05, 0) is 34.6 Å². The van der Waals surface area contributed by atoms with Crippen LogP contribution in [-0.2, 0) is 0 Å². The first-order valence-electron chi connectivity index (χ1n) is 3.90. The summed E-state index contributed by atoms with van der Waals surface area (Å²) in [5, 5.41) is 9.59. The average molecular weight is 304 g/mol. The maximum absolute atomic E-state index is 5.64. The van der Waals surface area contributed by atoms with E-state index in [1.807, 2.05) is 6.92 Å². The van der Waals surface area contributed by atoms with Crippen molar-refractivity contribution in [1.29, 1.82) is 0 Å². The molecular formula is C7H6BrN5S2. The topological polar surface area (TPSA) is 77.6 Å². The summed E-state index contributed by atoms with van der Waals surface area (Å²) in [4.78, 5) is 7.97. The third-order valence-electron chi connectivity index (χ3n) is 1.48. The fourth-order valence-electron chi connectivity index (χ4n) is 0.840. The lowest BCUT2D eigenvalue weighted by Crippen LogP contribution is -1.94. The largest absolute Gasteiger partial charge is 0.383 e. The summed E-state index contributed by atoms with van der Waals surface area (Å²) in [6, 6.07) is 0. The number of aryl methyl sites for hydroxylation is 1. The molecule has 0 spiro atoms. The van der Waals surface area contributed by atoms with E-state index in [2.05, 4.69) is 36.1 Å². The first-order chi connectivity index (χ1) is 7.16. The lowest BCUT2D eigenvalue weighted by molar-refractivity contribution is 0.975. The predicted molar refractivity (Wildman–Crippen MR) is 62.9 cm³/mol. The summed E-state index contributed by atoms with van der Waals surface area (Å²) in [5.41, 5.74) is 5.64. The molecule has 0 atom stereocenters. The van der Waals surface area contributed by atoms with E-state index in [1.54, 1.807) is 0 Å². The molecule has 2 aromatic heterocycles. The molecule has 0 bridgehead atoms. The Morgan fingerprint density at radius 2 is 2.20 bits per heavy atom. The van der Waals surface area contributed by atoms with Crippen molar-refractivity contribution in [1.82, 2.24) is 20.2 Å². The molecule has 0 aliphatic heterocycles. The van der Waals surface area contributed by atoms with E-state index in [9.17, 15) is 0 Å². The fourth-order valence-corrected chi connectivity index (χ4v) is 3.01. The van der Waals surface area contributed by atoms with Gasteiger partial charge < -0.3 is 5.73 Å². The van der Waals surface area contributed by atoms with Crippen molar-refractivity contribution in [2.24, 2.45) is 0 Å². The smallest absolute Gasteiger partial charge is 0.180 e. The quantitative estimate of drug-likeness (QED) is 0.856. The number of aromatic nitrogens is 4. The van der Waals surface area contributed by atoms with E-state index in [0.29, 0.717) is 10.3 Å². The first kappa shape index (κ1) is 10.8. The highest BCUT2D eigenvalue weighted by atomic mass is 79.9. The molecular weight excluding hydrogens is 298 g/mol. The van der Waals surface area contributed by atoms with Gasteiger partial charge in [0, 0.05) is 0 Å². The number of nitrogens with zero attached hydrogens (tertiary/aromatic N) is 4. The standard InChI is InChI=1S/C7H6BrN5S2/c1-3-12-13-7(14-3)15-6-4(8)5(9)10-2-11-6/h2H,1H3,(H2,9,10,11). The Balaban J connectivity index is 2.28. The zero-order chi connectivity index (χ0) is 10.8. The fraction of sp³-hybridized carbons (Fsp3) is 0.143. The minimum Gasteiger partial charge on any atom is -0.383 e. The number of nitrogen functional groups attached to an aromatic ring is 1. The van der Waals surface area contributed by atoms with Crippen molar-refractivity contribution in [3.8, 4) is 0 Å². The van der Waals surface area contributed by atoms with Crippen LogP contribution in [0.1, 0.15) is 5.01 Å². The lowest BCUT2D eigenvalue weighted by atomic mass is 10.6. The highest BCUT2D eigenvalue weighted by molar-refractivity contribution is 9.10.